The van der Waals surface area contributed by atoms with Crippen LogP contribution in [0.1, 0.15) is 53.4 Å². The van der Waals surface area contributed by atoms with Crippen LogP contribution in [0.2, 0.25) is 0 Å². The standard InChI is InChI=1S/C9H16FN.C9H17N/c1-8(2)11-6-3-4-9(10)5-7-11;1-9(2)10-7-5-3-4-6-8-10/h4,8H,3,5-7H2,1-2H3;3-4,9H,5-8H2,1-2H3. The number of halogens is 1. The molecule has 0 saturated heterocycles. The minimum Gasteiger partial charge on any atom is -0.300 e. The quantitative estimate of drug-likeness (QED) is 0.697. The van der Waals surface area contributed by atoms with Crippen molar-refractivity contribution in [2.24, 2.45) is 0 Å². The fourth-order valence-corrected chi connectivity index (χ4v) is 2.71. The highest BCUT2D eigenvalue weighted by Crippen LogP contribution is 2.13. The Morgan fingerprint density at radius 2 is 1.29 bits per heavy atom. The summed E-state index contributed by atoms with van der Waals surface area (Å²) in [7, 11) is 0. The number of rotatable bonds is 2. The Kier molecular flexibility index (Phi) is 8.86. The van der Waals surface area contributed by atoms with Gasteiger partial charge in [0, 0.05) is 44.7 Å². The first kappa shape index (κ1) is 18.4. The minimum atomic E-state index is 0.0631. The van der Waals surface area contributed by atoms with E-state index in [2.05, 4.69) is 49.6 Å². The van der Waals surface area contributed by atoms with Gasteiger partial charge in [0.15, 0.2) is 0 Å². The highest BCUT2D eigenvalue weighted by molar-refractivity contribution is 4.95. The summed E-state index contributed by atoms with van der Waals surface area (Å²) in [6, 6.07) is 1.27. The van der Waals surface area contributed by atoms with Crippen LogP contribution in [0.4, 0.5) is 4.39 Å². The average molecular weight is 296 g/mol. The third kappa shape index (κ3) is 7.77. The predicted octanol–water partition coefficient (Wildman–Crippen LogP) is 4.39. The molecule has 0 unspecified atom stereocenters. The summed E-state index contributed by atoms with van der Waals surface area (Å²) < 4.78 is 12.7. The van der Waals surface area contributed by atoms with Gasteiger partial charge in [0.2, 0.25) is 0 Å². The van der Waals surface area contributed by atoms with Gasteiger partial charge in [-0.05, 0) is 47.0 Å². The maximum atomic E-state index is 12.7. The molecule has 0 atom stereocenters. The summed E-state index contributed by atoms with van der Waals surface area (Å²) in [5.41, 5.74) is 0. The summed E-state index contributed by atoms with van der Waals surface area (Å²) in [4.78, 5) is 4.84. The molecule has 0 amide bonds. The van der Waals surface area contributed by atoms with Crippen molar-refractivity contribution in [2.45, 2.75) is 65.5 Å². The molecule has 0 bridgehead atoms. The van der Waals surface area contributed by atoms with Crippen LogP contribution in [0.5, 0.6) is 0 Å². The van der Waals surface area contributed by atoms with Crippen LogP contribution in [0.15, 0.2) is 24.1 Å². The van der Waals surface area contributed by atoms with Gasteiger partial charge in [0.25, 0.3) is 0 Å². The fourth-order valence-electron chi connectivity index (χ4n) is 2.71. The van der Waals surface area contributed by atoms with Gasteiger partial charge >= 0.3 is 0 Å². The van der Waals surface area contributed by atoms with Crippen molar-refractivity contribution in [3.8, 4) is 0 Å². The maximum absolute atomic E-state index is 12.7. The number of hydrogen-bond donors (Lipinski definition) is 0. The fraction of sp³-hybridized carbons (Fsp3) is 0.778. The first-order valence-electron chi connectivity index (χ1n) is 8.48. The molecule has 2 heterocycles. The van der Waals surface area contributed by atoms with Gasteiger partial charge in [-0.25, -0.2) is 4.39 Å². The molecule has 0 N–H and O–H groups in total. The highest BCUT2D eigenvalue weighted by atomic mass is 19.1. The van der Waals surface area contributed by atoms with Gasteiger partial charge in [-0.1, -0.05) is 18.2 Å². The number of hydrogen-bond acceptors (Lipinski definition) is 2. The van der Waals surface area contributed by atoms with E-state index in [1.165, 1.54) is 25.9 Å². The Balaban J connectivity index is 0.000000211. The largest absolute Gasteiger partial charge is 0.300 e. The van der Waals surface area contributed by atoms with E-state index >= 15 is 0 Å². The van der Waals surface area contributed by atoms with E-state index in [-0.39, 0.29) is 5.83 Å². The summed E-state index contributed by atoms with van der Waals surface area (Å²) in [5.74, 6) is 0.0631. The molecule has 0 aromatic carbocycles. The first-order chi connectivity index (χ1) is 10.0. The van der Waals surface area contributed by atoms with E-state index < -0.39 is 0 Å². The van der Waals surface area contributed by atoms with Gasteiger partial charge in [-0.2, -0.15) is 0 Å². The van der Waals surface area contributed by atoms with Gasteiger partial charge in [-0.3, -0.25) is 0 Å². The van der Waals surface area contributed by atoms with Gasteiger partial charge in [-0.15, -0.1) is 0 Å². The summed E-state index contributed by atoms with van der Waals surface area (Å²) >= 11 is 0. The molecule has 0 fully saturated rings. The van der Waals surface area contributed by atoms with E-state index in [0.717, 1.165) is 25.6 Å². The van der Waals surface area contributed by atoms with Gasteiger partial charge in [0.1, 0.15) is 0 Å². The topological polar surface area (TPSA) is 6.48 Å². The lowest BCUT2D eigenvalue weighted by molar-refractivity contribution is 0.230. The molecule has 122 valence electrons. The molecular weight excluding hydrogens is 263 g/mol. The van der Waals surface area contributed by atoms with Crippen LogP contribution >= 0.6 is 0 Å². The molecule has 21 heavy (non-hydrogen) atoms. The van der Waals surface area contributed by atoms with Crippen molar-refractivity contribution in [3.05, 3.63) is 24.1 Å². The molecule has 0 saturated carbocycles. The average Bonchev–Trinajstić information content (AvgIpc) is 2.81. The van der Waals surface area contributed by atoms with Crippen LogP contribution in [-0.2, 0) is 0 Å². The Labute approximate surface area is 130 Å². The lowest BCUT2D eigenvalue weighted by Gasteiger charge is -2.23. The van der Waals surface area contributed by atoms with E-state index in [1.54, 1.807) is 6.08 Å². The number of nitrogens with zero attached hydrogens (tertiary/aromatic N) is 2. The molecular formula is C18H33FN2. The summed E-state index contributed by atoms with van der Waals surface area (Å²) in [6.07, 6.45) is 10.2. The molecule has 0 spiro atoms. The zero-order valence-electron chi connectivity index (χ0n) is 14.3. The molecule has 2 aliphatic heterocycles. The maximum Gasteiger partial charge on any atom is 0.0973 e. The first-order valence-corrected chi connectivity index (χ1v) is 8.48. The Hall–Kier alpha value is -0.670. The van der Waals surface area contributed by atoms with E-state index in [9.17, 15) is 4.39 Å². The molecule has 2 rings (SSSR count). The highest BCUT2D eigenvalue weighted by Gasteiger charge is 2.12. The monoisotopic (exact) mass is 296 g/mol. The smallest absolute Gasteiger partial charge is 0.0973 e. The lowest BCUT2D eigenvalue weighted by Crippen LogP contribution is -2.31. The second kappa shape index (κ2) is 10.1. The third-order valence-corrected chi connectivity index (χ3v) is 4.21. The van der Waals surface area contributed by atoms with Crippen molar-refractivity contribution in [1.29, 1.82) is 0 Å². The Morgan fingerprint density at radius 3 is 1.81 bits per heavy atom. The molecule has 0 aromatic rings. The second-order valence-electron chi connectivity index (χ2n) is 6.50. The summed E-state index contributed by atoms with van der Waals surface area (Å²) in [5, 5.41) is 0. The molecule has 2 nitrogen and oxygen atoms in total. The molecule has 2 aliphatic rings. The van der Waals surface area contributed by atoms with Crippen LogP contribution in [-0.4, -0.2) is 48.1 Å². The lowest BCUT2D eigenvalue weighted by atomic mass is 10.3. The van der Waals surface area contributed by atoms with Crippen LogP contribution < -0.4 is 0 Å². The predicted molar refractivity (Wildman–Crippen MR) is 90.2 cm³/mol. The molecule has 0 aromatic heterocycles. The minimum absolute atomic E-state index is 0.0631. The van der Waals surface area contributed by atoms with E-state index in [0.29, 0.717) is 12.5 Å². The Morgan fingerprint density at radius 1 is 0.810 bits per heavy atom. The Bertz CT molecular complexity index is 324. The van der Waals surface area contributed by atoms with Crippen molar-refractivity contribution < 1.29 is 4.39 Å². The van der Waals surface area contributed by atoms with Gasteiger partial charge in [0.05, 0.1) is 5.83 Å². The van der Waals surface area contributed by atoms with Crippen molar-refractivity contribution >= 4 is 0 Å². The van der Waals surface area contributed by atoms with Crippen LogP contribution in [0, 0.1) is 0 Å². The third-order valence-electron chi connectivity index (χ3n) is 4.21. The SMILES string of the molecule is CC(C)N1CCC=C(F)CC1.CC(C)N1CCC=CCC1. The van der Waals surface area contributed by atoms with Gasteiger partial charge < -0.3 is 9.80 Å². The van der Waals surface area contributed by atoms with Crippen LogP contribution in [0.3, 0.4) is 0 Å². The normalized spacial score (nSPS) is 21.6. The molecule has 0 aliphatic carbocycles. The zero-order valence-corrected chi connectivity index (χ0v) is 14.3. The molecule has 3 heteroatoms. The van der Waals surface area contributed by atoms with E-state index in [4.69, 9.17) is 0 Å². The summed E-state index contributed by atoms with van der Waals surface area (Å²) in [6.45, 7) is 13.2. The van der Waals surface area contributed by atoms with Crippen molar-refractivity contribution in [2.75, 3.05) is 26.2 Å². The van der Waals surface area contributed by atoms with Crippen molar-refractivity contribution in [1.82, 2.24) is 9.80 Å². The van der Waals surface area contributed by atoms with Crippen molar-refractivity contribution in [3.63, 3.8) is 0 Å². The second-order valence-corrected chi connectivity index (χ2v) is 6.50. The zero-order chi connectivity index (χ0) is 15.7. The molecule has 0 radical (unpaired) electrons. The van der Waals surface area contributed by atoms with Crippen LogP contribution in [0.25, 0.3) is 0 Å². The van der Waals surface area contributed by atoms with E-state index in [1.807, 2.05) is 0 Å².